The van der Waals surface area contributed by atoms with Gasteiger partial charge < -0.3 is 10.2 Å². The number of imidazole rings is 1. The minimum absolute atomic E-state index is 0.213. The fourth-order valence-electron chi connectivity index (χ4n) is 7.06. The number of imide groups is 1. The number of hydrogen-bond donors (Lipinski definition) is 2. The van der Waals surface area contributed by atoms with Crippen LogP contribution in [0, 0.1) is 0 Å². The van der Waals surface area contributed by atoms with Gasteiger partial charge >= 0.3 is 5.69 Å². The van der Waals surface area contributed by atoms with Crippen LogP contribution in [0.4, 0.5) is 5.69 Å². The maximum atomic E-state index is 13.3. The molecule has 0 spiro atoms. The van der Waals surface area contributed by atoms with E-state index in [2.05, 4.69) is 31.4 Å². The third-order valence-corrected chi connectivity index (χ3v) is 8.97. The molecule has 4 fully saturated rings. The number of aromatic nitrogens is 2. The molecule has 0 bridgehead atoms. The number of anilines is 1. The summed E-state index contributed by atoms with van der Waals surface area (Å²) in [6, 6.07) is 6.02. The van der Waals surface area contributed by atoms with Gasteiger partial charge in [-0.15, -0.1) is 0 Å². The fraction of sp³-hybridized carbons (Fsp3) is 0.667. The van der Waals surface area contributed by atoms with Gasteiger partial charge in [0.2, 0.25) is 11.8 Å². The lowest BCUT2D eigenvalue weighted by Gasteiger charge is -2.49. The predicted molar refractivity (Wildman–Crippen MR) is 143 cm³/mol. The number of rotatable bonds is 4. The van der Waals surface area contributed by atoms with Crippen molar-refractivity contribution in [2.24, 2.45) is 7.05 Å². The van der Waals surface area contributed by atoms with Gasteiger partial charge in [0.05, 0.1) is 22.9 Å². The van der Waals surface area contributed by atoms with Crippen LogP contribution >= 0.6 is 0 Å². The molecule has 5 heterocycles. The Balaban J connectivity index is 1.22. The van der Waals surface area contributed by atoms with E-state index in [0.29, 0.717) is 18.6 Å². The van der Waals surface area contributed by atoms with Crippen LogP contribution < -0.4 is 21.2 Å². The molecular weight excluding hydrogens is 470 g/mol. The molecule has 4 saturated heterocycles. The summed E-state index contributed by atoms with van der Waals surface area (Å²) in [5.74, 6) is -0.666. The Morgan fingerprint density at radius 1 is 0.892 bits per heavy atom. The van der Waals surface area contributed by atoms with Crippen LogP contribution in [0.15, 0.2) is 23.0 Å². The van der Waals surface area contributed by atoms with Crippen molar-refractivity contribution in [2.75, 3.05) is 50.7 Å². The van der Waals surface area contributed by atoms with Crippen LogP contribution in [0.25, 0.3) is 11.0 Å². The average Bonchev–Trinajstić information content (AvgIpc) is 3.19. The Bertz CT molecular complexity index is 1220. The Morgan fingerprint density at radius 3 is 2.43 bits per heavy atom. The second kappa shape index (κ2) is 10.2. The van der Waals surface area contributed by atoms with Gasteiger partial charge in [0.25, 0.3) is 0 Å². The topological polar surface area (TPSA) is 94.8 Å². The molecule has 4 aliphatic rings. The molecule has 6 rings (SSSR count). The number of piperazine rings is 1. The number of hydrogen-bond acceptors (Lipinski definition) is 7. The highest BCUT2D eigenvalue weighted by Gasteiger charge is 2.36. The molecule has 0 radical (unpaired) electrons. The van der Waals surface area contributed by atoms with E-state index in [1.54, 1.807) is 16.2 Å². The molecule has 2 atom stereocenters. The first-order chi connectivity index (χ1) is 18.0. The third-order valence-electron chi connectivity index (χ3n) is 8.97. The number of fused-ring (bicyclic) bond motifs is 1. The summed E-state index contributed by atoms with van der Waals surface area (Å²) >= 11 is 0. The Morgan fingerprint density at radius 2 is 1.68 bits per heavy atom. The Hall–Kier alpha value is -2.69. The van der Waals surface area contributed by atoms with Gasteiger partial charge in [0.1, 0.15) is 6.04 Å². The predicted octanol–water partition coefficient (Wildman–Crippen LogP) is 1.00. The Kier molecular flexibility index (Phi) is 6.81. The lowest BCUT2D eigenvalue weighted by atomic mass is 9.98. The van der Waals surface area contributed by atoms with Crippen LogP contribution in [0.5, 0.6) is 0 Å². The van der Waals surface area contributed by atoms with E-state index in [1.165, 1.54) is 38.6 Å². The lowest BCUT2D eigenvalue weighted by molar-refractivity contribution is -0.135. The van der Waals surface area contributed by atoms with Crippen LogP contribution in [0.1, 0.15) is 51.0 Å². The number of amides is 2. The van der Waals surface area contributed by atoms with E-state index in [9.17, 15) is 14.4 Å². The summed E-state index contributed by atoms with van der Waals surface area (Å²) in [6.45, 7) is 7.30. The number of nitrogens with zero attached hydrogens (tertiary/aromatic N) is 5. The van der Waals surface area contributed by atoms with Gasteiger partial charge in [0.15, 0.2) is 0 Å². The summed E-state index contributed by atoms with van der Waals surface area (Å²) in [5.41, 5.74) is 2.45. The maximum absolute atomic E-state index is 13.3. The fourth-order valence-corrected chi connectivity index (χ4v) is 7.06. The van der Waals surface area contributed by atoms with Crippen molar-refractivity contribution < 1.29 is 9.59 Å². The first-order valence-electron chi connectivity index (χ1n) is 14.0. The van der Waals surface area contributed by atoms with Gasteiger partial charge in [-0.05, 0) is 70.3 Å². The van der Waals surface area contributed by atoms with Crippen molar-refractivity contribution in [3.8, 4) is 0 Å². The number of aryl methyl sites for hydroxylation is 1. The van der Waals surface area contributed by atoms with Crippen LogP contribution in [0.3, 0.4) is 0 Å². The third kappa shape index (κ3) is 4.49. The molecule has 200 valence electrons. The molecule has 1 aromatic carbocycles. The van der Waals surface area contributed by atoms with E-state index in [4.69, 9.17) is 0 Å². The van der Waals surface area contributed by atoms with Crippen molar-refractivity contribution >= 4 is 28.5 Å². The molecule has 2 aromatic rings. The second-order valence-electron chi connectivity index (χ2n) is 11.0. The number of nitrogens with one attached hydrogen (secondary N) is 2. The highest BCUT2D eigenvalue weighted by Crippen LogP contribution is 2.32. The monoisotopic (exact) mass is 509 g/mol. The standard InChI is InChI=1S/C27H39N7O3/c1-30-25-20(5-4-6-21(25)34(27(30)37)22-8-9-23(35)29-26(22)36)31-15-17-32(18-16-31)24-7-2-3-14-33(24)19-10-12-28-13-11-19/h4-6,19,22,24,28H,2-3,7-18H2,1H3,(H,29,35,36). The van der Waals surface area contributed by atoms with Crippen molar-refractivity contribution in [3.05, 3.63) is 28.7 Å². The molecule has 37 heavy (non-hydrogen) atoms. The molecule has 10 heteroatoms. The van der Waals surface area contributed by atoms with E-state index in [1.807, 2.05) is 12.1 Å². The second-order valence-corrected chi connectivity index (χ2v) is 11.0. The number of likely N-dealkylation sites (tertiary alicyclic amines) is 1. The molecule has 2 amide bonds. The first-order valence-corrected chi connectivity index (χ1v) is 14.0. The quantitative estimate of drug-likeness (QED) is 0.594. The number of carbonyl (C=O) groups is 2. The highest BCUT2D eigenvalue weighted by molar-refractivity contribution is 6.00. The molecule has 0 aliphatic carbocycles. The normalized spacial score (nSPS) is 27.1. The zero-order valence-corrected chi connectivity index (χ0v) is 21.8. The summed E-state index contributed by atoms with van der Waals surface area (Å²) in [7, 11) is 1.78. The average molecular weight is 510 g/mol. The summed E-state index contributed by atoms with van der Waals surface area (Å²) < 4.78 is 3.25. The minimum Gasteiger partial charge on any atom is -0.367 e. The van der Waals surface area contributed by atoms with Crippen LogP contribution in [0.2, 0.25) is 0 Å². The first kappa shape index (κ1) is 24.6. The highest BCUT2D eigenvalue weighted by atomic mass is 16.2. The van der Waals surface area contributed by atoms with Crippen LogP contribution in [-0.2, 0) is 16.6 Å². The maximum Gasteiger partial charge on any atom is 0.329 e. The zero-order chi connectivity index (χ0) is 25.5. The van der Waals surface area contributed by atoms with Gasteiger partial charge in [-0.3, -0.25) is 33.8 Å². The number of para-hydroxylation sites is 1. The number of piperidine rings is 3. The molecule has 1 aromatic heterocycles. The van der Waals surface area contributed by atoms with E-state index >= 15 is 0 Å². The minimum atomic E-state index is -0.659. The van der Waals surface area contributed by atoms with Crippen molar-refractivity contribution in [1.82, 2.24) is 29.6 Å². The summed E-state index contributed by atoms with van der Waals surface area (Å²) in [5, 5.41) is 5.91. The van der Waals surface area contributed by atoms with Gasteiger partial charge in [-0.25, -0.2) is 4.79 Å². The smallest absolute Gasteiger partial charge is 0.329 e. The molecular formula is C27H39N7O3. The van der Waals surface area contributed by atoms with Crippen LogP contribution in [-0.4, -0.2) is 88.8 Å². The van der Waals surface area contributed by atoms with E-state index < -0.39 is 11.9 Å². The molecule has 0 saturated carbocycles. The Labute approximate surface area is 217 Å². The van der Waals surface area contributed by atoms with Crippen molar-refractivity contribution in [2.45, 2.75) is 63.2 Å². The zero-order valence-electron chi connectivity index (χ0n) is 21.8. The summed E-state index contributed by atoms with van der Waals surface area (Å²) in [4.78, 5) is 45.5. The largest absolute Gasteiger partial charge is 0.367 e. The lowest BCUT2D eigenvalue weighted by Crippen LogP contribution is -2.60. The molecule has 10 nitrogen and oxygen atoms in total. The number of benzene rings is 1. The van der Waals surface area contributed by atoms with Crippen molar-refractivity contribution in [3.63, 3.8) is 0 Å². The van der Waals surface area contributed by atoms with Gasteiger partial charge in [-0.2, -0.15) is 0 Å². The van der Waals surface area contributed by atoms with E-state index in [-0.39, 0.29) is 18.0 Å². The molecule has 4 aliphatic heterocycles. The molecule has 2 N–H and O–H groups in total. The van der Waals surface area contributed by atoms with Gasteiger partial charge in [-0.1, -0.05) is 6.07 Å². The van der Waals surface area contributed by atoms with E-state index in [0.717, 1.165) is 56.0 Å². The van der Waals surface area contributed by atoms with Gasteiger partial charge in [0, 0.05) is 45.7 Å². The SMILES string of the molecule is Cn1c(=O)n(C2CCC(=O)NC2=O)c2cccc(N3CCN(C4CCCCN4C4CCNCC4)CC3)c21. The number of carbonyl (C=O) groups excluding carboxylic acids is 2. The van der Waals surface area contributed by atoms with Crippen molar-refractivity contribution in [1.29, 1.82) is 0 Å². The summed E-state index contributed by atoms with van der Waals surface area (Å²) in [6.07, 6.45) is 7.49. The molecule has 2 unspecified atom stereocenters.